The normalized spacial score (nSPS) is 10.9. The number of thiazole rings is 1. The van der Waals surface area contributed by atoms with Crippen LogP contribution >= 0.6 is 34.3 Å². The minimum atomic E-state index is -0.521. The highest BCUT2D eigenvalue weighted by Crippen LogP contribution is 2.35. The Morgan fingerprint density at radius 2 is 2.07 bits per heavy atom. The number of oxazole rings is 1. The van der Waals surface area contributed by atoms with Crippen LogP contribution in [0.1, 0.15) is 26.0 Å². The number of nitrogens with one attached hydrogen (secondary N) is 1. The summed E-state index contributed by atoms with van der Waals surface area (Å²) in [4.78, 5) is 40.2. The lowest BCUT2D eigenvalue weighted by molar-refractivity contribution is 0.0947. The third-order valence-electron chi connectivity index (χ3n) is 6.00. The SMILES string of the molecule is N#Cc1c(-c2cc(=O)n(Cc3cnco3)cc2-c2ccccn2)nn(C(=O)c2nccs2)c1NCc1ccc(Cl)s1. The van der Waals surface area contributed by atoms with E-state index in [1.807, 2.05) is 12.1 Å². The molecule has 0 radical (unpaired) electrons. The average Bonchev–Trinajstić information content (AvgIpc) is 3.81. The minimum absolute atomic E-state index is 0.0853. The fourth-order valence-corrected chi connectivity index (χ4v) is 5.75. The van der Waals surface area contributed by atoms with Gasteiger partial charge >= 0.3 is 5.91 Å². The predicted octanol–water partition coefficient (Wildman–Crippen LogP) is 5.15. The Morgan fingerprint density at radius 3 is 2.76 bits per heavy atom. The van der Waals surface area contributed by atoms with Crippen LogP contribution in [-0.2, 0) is 13.1 Å². The van der Waals surface area contributed by atoms with E-state index in [2.05, 4.69) is 31.4 Å². The van der Waals surface area contributed by atoms with Crippen molar-refractivity contribution in [3.8, 4) is 28.6 Å². The van der Waals surface area contributed by atoms with Gasteiger partial charge in [0.05, 0.1) is 29.3 Å². The van der Waals surface area contributed by atoms with Crippen molar-refractivity contribution in [1.82, 2.24) is 29.3 Å². The van der Waals surface area contributed by atoms with Gasteiger partial charge in [0, 0.05) is 46.0 Å². The third-order valence-corrected chi connectivity index (χ3v) is 7.99. The summed E-state index contributed by atoms with van der Waals surface area (Å²) < 4.78 is 8.52. The Bertz CT molecular complexity index is 1940. The van der Waals surface area contributed by atoms with Gasteiger partial charge in [0.1, 0.15) is 23.1 Å². The van der Waals surface area contributed by atoms with E-state index in [1.165, 1.54) is 40.8 Å². The highest BCUT2D eigenvalue weighted by Gasteiger charge is 2.27. The number of rotatable bonds is 8. The largest absolute Gasteiger partial charge is 0.447 e. The van der Waals surface area contributed by atoms with Crippen molar-refractivity contribution in [3.05, 3.63) is 109 Å². The van der Waals surface area contributed by atoms with Gasteiger partial charge in [-0.1, -0.05) is 17.7 Å². The number of nitrogens with zero attached hydrogens (tertiary/aromatic N) is 7. The first kappa shape index (κ1) is 26.3. The van der Waals surface area contributed by atoms with Crippen molar-refractivity contribution in [2.75, 3.05) is 5.32 Å². The standard InChI is InChI=1S/C27H17ClN8O3S2/c28-22-5-4-17(41-22)12-33-25-19(10-29)24(34-36(25)27(38)26-32-7-8-40-26)18-9-23(37)35(13-16-11-30-15-39-16)14-20(18)21-3-1-2-6-31-21/h1-9,11,14-15,33H,12-13H2. The van der Waals surface area contributed by atoms with E-state index >= 15 is 0 Å². The van der Waals surface area contributed by atoms with Crippen LogP contribution in [0.25, 0.3) is 22.5 Å². The van der Waals surface area contributed by atoms with Crippen LogP contribution in [0.2, 0.25) is 4.34 Å². The first-order chi connectivity index (χ1) is 20.0. The summed E-state index contributed by atoms with van der Waals surface area (Å²) in [5.41, 5.74) is 1.27. The molecule has 6 aromatic rings. The second-order valence-corrected chi connectivity index (χ2v) is 11.2. The molecule has 1 N–H and O–H groups in total. The Balaban J connectivity index is 1.53. The lowest BCUT2D eigenvalue weighted by Gasteiger charge is -2.11. The first-order valence-corrected chi connectivity index (χ1v) is 14.1. The van der Waals surface area contributed by atoms with Crippen molar-refractivity contribution < 1.29 is 9.21 Å². The lowest BCUT2D eigenvalue weighted by Crippen LogP contribution is -2.20. The highest BCUT2D eigenvalue weighted by atomic mass is 35.5. The van der Waals surface area contributed by atoms with E-state index in [-0.39, 0.29) is 40.7 Å². The van der Waals surface area contributed by atoms with Gasteiger partial charge in [-0.2, -0.15) is 15.0 Å². The summed E-state index contributed by atoms with van der Waals surface area (Å²) in [5, 5.41) is 20.0. The summed E-state index contributed by atoms with van der Waals surface area (Å²) in [5.74, 6) is 0.139. The molecule has 0 unspecified atom stereocenters. The summed E-state index contributed by atoms with van der Waals surface area (Å²) in [6.45, 7) is 0.422. The summed E-state index contributed by atoms with van der Waals surface area (Å²) in [6, 6.07) is 12.6. The smallest absolute Gasteiger partial charge is 0.309 e. The van der Waals surface area contributed by atoms with Crippen LogP contribution in [0.4, 0.5) is 5.82 Å². The number of carbonyl (C=O) groups excluding carboxylic acids is 1. The van der Waals surface area contributed by atoms with Gasteiger partial charge < -0.3 is 14.3 Å². The third kappa shape index (κ3) is 5.31. The highest BCUT2D eigenvalue weighted by molar-refractivity contribution is 7.16. The van der Waals surface area contributed by atoms with Crippen molar-refractivity contribution in [2.24, 2.45) is 0 Å². The number of thiophene rings is 1. The number of hydrogen-bond donors (Lipinski definition) is 1. The molecular formula is C27H17ClN8O3S2. The van der Waals surface area contributed by atoms with Crippen molar-refractivity contribution in [1.29, 1.82) is 5.26 Å². The maximum Gasteiger partial charge on any atom is 0.309 e. The fraction of sp³-hybridized carbons (Fsp3) is 0.0741. The zero-order chi connectivity index (χ0) is 28.3. The van der Waals surface area contributed by atoms with Crippen molar-refractivity contribution in [2.45, 2.75) is 13.1 Å². The van der Waals surface area contributed by atoms with Gasteiger partial charge in [-0.25, -0.2) is 9.97 Å². The molecule has 0 atom stereocenters. The second-order valence-electron chi connectivity index (χ2n) is 8.55. The summed E-state index contributed by atoms with van der Waals surface area (Å²) >= 11 is 8.62. The molecule has 11 nitrogen and oxygen atoms in total. The maximum absolute atomic E-state index is 13.5. The van der Waals surface area contributed by atoms with Gasteiger partial charge in [0.2, 0.25) is 0 Å². The molecule has 0 amide bonds. The molecule has 0 spiro atoms. The maximum atomic E-state index is 13.5. The molecule has 14 heteroatoms. The van der Waals surface area contributed by atoms with E-state index < -0.39 is 5.91 Å². The predicted molar refractivity (Wildman–Crippen MR) is 154 cm³/mol. The molecule has 6 rings (SSSR count). The monoisotopic (exact) mass is 600 g/mol. The summed E-state index contributed by atoms with van der Waals surface area (Å²) in [7, 11) is 0. The van der Waals surface area contributed by atoms with Gasteiger partial charge in [-0.15, -0.1) is 22.7 Å². The topological polar surface area (TPSA) is 145 Å². The molecule has 0 saturated carbocycles. The van der Waals surface area contributed by atoms with Crippen LogP contribution in [0.3, 0.4) is 0 Å². The van der Waals surface area contributed by atoms with Gasteiger partial charge in [-0.3, -0.25) is 14.6 Å². The minimum Gasteiger partial charge on any atom is -0.447 e. The molecule has 0 bridgehead atoms. The Hall–Kier alpha value is -4.90. The number of aromatic nitrogens is 6. The van der Waals surface area contributed by atoms with E-state index in [9.17, 15) is 14.9 Å². The van der Waals surface area contributed by atoms with E-state index in [0.717, 1.165) is 20.9 Å². The van der Waals surface area contributed by atoms with Crippen LogP contribution in [0.15, 0.2) is 82.2 Å². The molecule has 6 heterocycles. The van der Waals surface area contributed by atoms with E-state index in [4.69, 9.17) is 16.0 Å². The number of pyridine rings is 2. The first-order valence-electron chi connectivity index (χ1n) is 12.0. The average molecular weight is 601 g/mol. The van der Waals surface area contributed by atoms with Gasteiger partial charge in [-0.05, 0) is 24.3 Å². The molecule has 0 aliphatic rings. The molecule has 41 heavy (non-hydrogen) atoms. The van der Waals surface area contributed by atoms with E-state index in [0.29, 0.717) is 26.9 Å². The van der Waals surface area contributed by atoms with Crippen LogP contribution in [0, 0.1) is 11.3 Å². The zero-order valence-corrected chi connectivity index (χ0v) is 23.3. The number of hydrogen-bond acceptors (Lipinski definition) is 11. The Labute approximate surface area is 245 Å². The van der Waals surface area contributed by atoms with Crippen molar-refractivity contribution >= 4 is 46.0 Å². The van der Waals surface area contributed by atoms with Gasteiger partial charge in [0.25, 0.3) is 5.56 Å². The molecule has 6 aromatic heterocycles. The lowest BCUT2D eigenvalue weighted by atomic mass is 10.0. The molecule has 0 aliphatic heterocycles. The molecule has 0 saturated heterocycles. The Kier molecular flexibility index (Phi) is 7.26. The number of anilines is 1. The molecule has 0 aliphatic carbocycles. The molecule has 0 fully saturated rings. The molecule has 202 valence electrons. The summed E-state index contributed by atoms with van der Waals surface area (Å²) in [6.07, 6.45) is 7.59. The number of carbonyl (C=O) groups is 1. The molecular weight excluding hydrogens is 584 g/mol. The van der Waals surface area contributed by atoms with Crippen LogP contribution in [-0.4, -0.2) is 35.2 Å². The van der Waals surface area contributed by atoms with Crippen LogP contribution in [0.5, 0.6) is 0 Å². The zero-order valence-electron chi connectivity index (χ0n) is 20.9. The quantitative estimate of drug-likeness (QED) is 0.250. The fourth-order valence-electron chi connectivity index (χ4n) is 4.17. The Morgan fingerprint density at radius 1 is 1.17 bits per heavy atom. The number of halogens is 1. The number of nitriles is 1. The second kappa shape index (κ2) is 11.3. The molecule has 0 aromatic carbocycles. The van der Waals surface area contributed by atoms with E-state index in [1.54, 1.807) is 36.0 Å². The van der Waals surface area contributed by atoms with Crippen LogP contribution < -0.4 is 10.9 Å². The van der Waals surface area contributed by atoms with Crippen molar-refractivity contribution in [3.63, 3.8) is 0 Å². The van der Waals surface area contributed by atoms with Gasteiger partial charge in [0.15, 0.2) is 17.2 Å².